The molecule has 0 saturated heterocycles. The first-order valence-electron chi connectivity index (χ1n) is 7.72. The number of benzene rings is 1. The highest BCUT2D eigenvalue weighted by Crippen LogP contribution is 2.16. The fraction of sp³-hybridized carbons (Fsp3) is 0.529. The molecule has 22 heavy (non-hydrogen) atoms. The molecule has 0 heterocycles. The quantitative estimate of drug-likeness (QED) is 0.278. The molecule has 0 atom stereocenters. The first-order chi connectivity index (χ1) is 10.8. The maximum Gasteiger partial charge on any atom is 0.313 e. The van der Waals surface area contributed by atoms with E-state index in [-0.39, 0.29) is 13.1 Å². The van der Waals surface area contributed by atoms with Gasteiger partial charge in [-0.05, 0) is 37.0 Å². The van der Waals surface area contributed by atoms with Crippen LogP contribution in [0.4, 0.5) is 0 Å². The molecule has 0 bridgehead atoms. The second-order valence-electron chi connectivity index (χ2n) is 5.07. The molecule has 1 N–H and O–H groups in total. The molecule has 1 rings (SSSR count). The normalized spacial score (nSPS) is 10.2. The number of ether oxygens (including phenoxy) is 2. The SMILES string of the molecule is O=COC(=O)CCCCCCCc1cccc(OCCO)c1. The first kappa shape index (κ1) is 18.2. The zero-order valence-corrected chi connectivity index (χ0v) is 12.8. The van der Waals surface area contributed by atoms with Crippen molar-refractivity contribution in [3.05, 3.63) is 29.8 Å². The third kappa shape index (κ3) is 8.42. The number of hydrogen-bond acceptors (Lipinski definition) is 5. The molecule has 122 valence electrons. The summed E-state index contributed by atoms with van der Waals surface area (Å²) in [5.74, 6) is 0.343. The fourth-order valence-corrected chi connectivity index (χ4v) is 2.20. The minimum atomic E-state index is -0.449. The summed E-state index contributed by atoms with van der Waals surface area (Å²) in [6, 6.07) is 7.92. The van der Waals surface area contributed by atoms with Crippen LogP contribution in [0, 0.1) is 0 Å². The second-order valence-corrected chi connectivity index (χ2v) is 5.07. The van der Waals surface area contributed by atoms with Crippen molar-refractivity contribution in [2.45, 2.75) is 44.9 Å². The van der Waals surface area contributed by atoms with Crippen molar-refractivity contribution in [2.24, 2.45) is 0 Å². The molecular weight excluding hydrogens is 284 g/mol. The van der Waals surface area contributed by atoms with Gasteiger partial charge in [0.15, 0.2) is 0 Å². The highest BCUT2D eigenvalue weighted by atomic mass is 16.6. The van der Waals surface area contributed by atoms with E-state index in [1.807, 2.05) is 18.2 Å². The summed E-state index contributed by atoms with van der Waals surface area (Å²) in [7, 11) is 0. The molecule has 0 aromatic heterocycles. The van der Waals surface area contributed by atoms with E-state index in [1.165, 1.54) is 5.56 Å². The van der Waals surface area contributed by atoms with Crippen LogP contribution < -0.4 is 4.74 Å². The lowest BCUT2D eigenvalue weighted by atomic mass is 10.0. The Bertz CT molecular complexity index is 444. The van der Waals surface area contributed by atoms with Gasteiger partial charge in [-0.2, -0.15) is 0 Å². The zero-order valence-electron chi connectivity index (χ0n) is 12.8. The summed E-state index contributed by atoms with van der Waals surface area (Å²) < 4.78 is 9.60. The third-order valence-corrected chi connectivity index (χ3v) is 3.28. The van der Waals surface area contributed by atoms with E-state index in [0.717, 1.165) is 44.3 Å². The summed E-state index contributed by atoms with van der Waals surface area (Å²) in [6.07, 6.45) is 6.28. The maximum absolute atomic E-state index is 10.9. The molecule has 5 nitrogen and oxygen atoms in total. The van der Waals surface area contributed by atoms with Crippen molar-refractivity contribution in [2.75, 3.05) is 13.2 Å². The van der Waals surface area contributed by atoms with Gasteiger partial charge in [0.2, 0.25) is 0 Å². The lowest BCUT2D eigenvalue weighted by Crippen LogP contribution is -2.02. The van der Waals surface area contributed by atoms with E-state index in [0.29, 0.717) is 13.0 Å². The minimum absolute atomic E-state index is 0.0185. The van der Waals surface area contributed by atoms with Crippen LogP contribution in [-0.2, 0) is 20.7 Å². The zero-order chi connectivity index (χ0) is 16.0. The molecule has 0 unspecified atom stereocenters. The van der Waals surface area contributed by atoms with E-state index >= 15 is 0 Å². The summed E-state index contributed by atoms with van der Waals surface area (Å²) >= 11 is 0. The number of carbonyl (C=O) groups is 2. The molecule has 0 fully saturated rings. The summed E-state index contributed by atoms with van der Waals surface area (Å²) in [5, 5.41) is 8.73. The number of carbonyl (C=O) groups excluding carboxylic acids is 2. The highest BCUT2D eigenvalue weighted by Gasteiger charge is 2.01. The average molecular weight is 308 g/mol. The Morgan fingerprint density at radius 2 is 1.91 bits per heavy atom. The Morgan fingerprint density at radius 1 is 1.14 bits per heavy atom. The molecule has 0 aliphatic heterocycles. The molecule has 0 radical (unpaired) electrons. The predicted octanol–water partition coefficient (Wildman–Crippen LogP) is 2.64. The maximum atomic E-state index is 10.9. The third-order valence-electron chi connectivity index (χ3n) is 3.28. The van der Waals surface area contributed by atoms with Crippen LogP contribution in [0.2, 0.25) is 0 Å². The van der Waals surface area contributed by atoms with Crippen molar-refractivity contribution in [3.63, 3.8) is 0 Å². The number of esters is 1. The van der Waals surface area contributed by atoms with Crippen LogP contribution in [0.15, 0.2) is 24.3 Å². The van der Waals surface area contributed by atoms with Gasteiger partial charge >= 0.3 is 12.4 Å². The number of aliphatic hydroxyl groups is 1. The molecule has 0 spiro atoms. The first-order valence-corrected chi connectivity index (χ1v) is 7.72. The smallest absolute Gasteiger partial charge is 0.313 e. The number of unbranched alkanes of at least 4 members (excludes halogenated alkanes) is 4. The molecule has 1 aromatic rings. The van der Waals surface area contributed by atoms with Crippen molar-refractivity contribution < 1.29 is 24.2 Å². The molecule has 1 aromatic carbocycles. The van der Waals surface area contributed by atoms with Gasteiger partial charge in [0.25, 0.3) is 0 Å². The lowest BCUT2D eigenvalue weighted by molar-refractivity contribution is -0.151. The Hall–Kier alpha value is -1.88. The molecule has 5 heteroatoms. The number of hydrogen-bond donors (Lipinski definition) is 1. The summed E-state index contributed by atoms with van der Waals surface area (Å²) in [4.78, 5) is 20.9. The number of rotatable bonds is 12. The van der Waals surface area contributed by atoms with Gasteiger partial charge in [0.1, 0.15) is 12.4 Å². The van der Waals surface area contributed by atoms with Gasteiger partial charge in [0.05, 0.1) is 6.61 Å². The van der Waals surface area contributed by atoms with Crippen molar-refractivity contribution in [1.82, 2.24) is 0 Å². The molecule has 0 saturated carbocycles. The van der Waals surface area contributed by atoms with Gasteiger partial charge in [-0.3, -0.25) is 9.59 Å². The van der Waals surface area contributed by atoms with Gasteiger partial charge in [0, 0.05) is 6.42 Å². The van der Waals surface area contributed by atoms with Crippen LogP contribution in [0.5, 0.6) is 5.75 Å². The molecule has 0 amide bonds. The average Bonchev–Trinajstić information content (AvgIpc) is 2.52. The number of aryl methyl sites for hydroxylation is 1. The van der Waals surface area contributed by atoms with Crippen molar-refractivity contribution >= 4 is 12.4 Å². The fourth-order valence-electron chi connectivity index (χ4n) is 2.20. The van der Waals surface area contributed by atoms with Crippen LogP contribution in [0.3, 0.4) is 0 Å². The lowest BCUT2D eigenvalue weighted by Gasteiger charge is -2.07. The standard InChI is InChI=1S/C17H24O5/c18-11-12-21-16-9-6-8-15(13-16)7-4-2-1-3-5-10-17(20)22-14-19/h6,8-9,13-14,18H,1-5,7,10-12H2. The number of aliphatic hydroxyl groups excluding tert-OH is 1. The monoisotopic (exact) mass is 308 g/mol. The minimum Gasteiger partial charge on any atom is -0.491 e. The van der Waals surface area contributed by atoms with Crippen LogP contribution >= 0.6 is 0 Å². The topological polar surface area (TPSA) is 72.8 Å². The van der Waals surface area contributed by atoms with Gasteiger partial charge in [-0.1, -0.05) is 31.4 Å². The van der Waals surface area contributed by atoms with Crippen LogP contribution in [0.1, 0.15) is 44.1 Å². The molecule has 0 aliphatic rings. The highest BCUT2D eigenvalue weighted by molar-refractivity contribution is 5.76. The second kappa shape index (κ2) is 11.7. The van der Waals surface area contributed by atoms with Crippen LogP contribution in [-0.4, -0.2) is 30.8 Å². The van der Waals surface area contributed by atoms with Gasteiger partial charge in [-0.15, -0.1) is 0 Å². The molecular formula is C17H24O5. The Morgan fingerprint density at radius 3 is 2.68 bits per heavy atom. The van der Waals surface area contributed by atoms with Gasteiger partial charge in [-0.25, -0.2) is 0 Å². The van der Waals surface area contributed by atoms with E-state index in [2.05, 4.69) is 10.8 Å². The summed E-state index contributed by atoms with van der Waals surface area (Å²) in [6.45, 7) is 0.515. The summed E-state index contributed by atoms with van der Waals surface area (Å²) in [5.41, 5.74) is 1.23. The Kier molecular flexibility index (Phi) is 9.70. The molecule has 0 aliphatic carbocycles. The van der Waals surface area contributed by atoms with E-state index in [4.69, 9.17) is 9.84 Å². The Labute approximate surface area is 131 Å². The van der Waals surface area contributed by atoms with E-state index in [9.17, 15) is 9.59 Å². The van der Waals surface area contributed by atoms with Crippen molar-refractivity contribution in [1.29, 1.82) is 0 Å². The van der Waals surface area contributed by atoms with Gasteiger partial charge < -0.3 is 14.6 Å². The van der Waals surface area contributed by atoms with E-state index in [1.54, 1.807) is 0 Å². The predicted molar refractivity (Wildman–Crippen MR) is 82.6 cm³/mol. The van der Waals surface area contributed by atoms with Crippen LogP contribution in [0.25, 0.3) is 0 Å². The van der Waals surface area contributed by atoms with E-state index < -0.39 is 5.97 Å². The van der Waals surface area contributed by atoms with Crippen molar-refractivity contribution in [3.8, 4) is 5.75 Å². The Balaban J connectivity index is 2.09. The largest absolute Gasteiger partial charge is 0.491 e.